The highest BCUT2D eigenvalue weighted by atomic mass is 35.5. The third-order valence-electron chi connectivity index (χ3n) is 8.17. The highest BCUT2D eigenvalue weighted by Gasteiger charge is 2.47. The largest absolute Gasteiger partial charge is 0.481 e. The van der Waals surface area contributed by atoms with Gasteiger partial charge in [-0.05, 0) is 49.9 Å². The van der Waals surface area contributed by atoms with Gasteiger partial charge in [0, 0.05) is 18.4 Å². The zero-order valence-electron chi connectivity index (χ0n) is 22.3. The van der Waals surface area contributed by atoms with Gasteiger partial charge in [0.05, 0.1) is 45.9 Å². The highest BCUT2D eigenvalue weighted by molar-refractivity contribution is 6.39. The number of Topliss-reactive ketones (excluding diaryl/α,β-unsaturated/α-hetero) is 1. The fourth-order valence-corrected chi connectivity index (χ4v) is 6.20. The van der Waals surface area contributed by atoms with Gasteiger partial charge < -0.3 is 10.0 Å². The zero-order valence-corrected chi connectivity index (χ0v) is 23.9. The minimum Gasteiger partial charge on any atom is -0.481 e. The predicted molar refractivity (Wildman–Crippen MR) is 141 cm³/mol. The van der Waals surface area contributed by atoms with E-state index in [1.807, 2.05) is 20.8 Å². The van der Waals surface area contributed by atoms with Crippen molar-refractivity contribution in [1.82, 2.24) is 19.7 Å². The Bertz CT molecular complexity index is 1270. The lowest BCUT2D eigenvalue weighted by atomic mass is 9.65. The van der Waals surface area contributed by atoms with Gasteiger partial charge in [-0.1, -0.05) is 44.0 Å². The van der Waals surface area contributed by atoms with Crippen LogP contribution in [0.15, 0.2) is 18.6 Å². The van der Waals surface area contributed by atoms with Gasteiger partial charge in [-0.2, -0.15) is 18.3 Å². The number of aliphatic carboxylic acids is 1. The summed E-state index contributed by atoms with van der Waals surface area (Å²) in [5, 5.41) is 13.2. The minimum atomic E-state index is -4.91. The molecule has 0 atom stereocenters. The van der Waals surface area contributed by atoms with E-state index in [0.717, 1.165) is 10.9 Å². The van der Waals surface area contributed by atoms with Crippen LogP contribution in [0.2, 0.25) is 10.0 Å². The van der Waals surface area contributed by atoms with Crippen LogP contribution in [-0.4, -0.2) is 55.0 Å². The molecule has 0 radical (unpaired) electrons. The van der Waals surface area contributed by atoms with E-state index >= 15 is 0 Å². The second-order valence-electron chi connectivity index (χ2n) is 11.7. The molecular formula is C27H31Cl2F3N4O4. The standard InChI is InChI=1S/C27H31Cl2F3N4O4/c1-26(2,3)15-8-17(9-15)35(13-21(37)22-19(28)11-33-12-20(22)29)24(38)18-10-34-36(23(18)27(30,31)32)16-6-4-14(5-7-16)25(39)40/h10-12,14-17H,4-9,13H2,1-3H3,(H,39,40)/t14-,15-,16-,17+. The van der Waals surface area contributed by atoms with Crippen LogP contribution < -0.4 is 0 Å². The number of alkyl halides is 3. The number of rotatable bonds is 7. The van der Waals surface area contributed by atoms with E-state index in [2.05, 4.69) is 10.1 Å². The first kappa shape index (κ1) is 30.3. The number of carboxylic acid groups (broad SMARTS) is 1. The van der Waals surface area contributed by atoms with Gasteiger partial charge >= 0.3 is 12.1 Å². The monoisotopic (exact) mass is 602 g/mol. The number of hydrogen-bond acceptors (Lipinski definition) is 5. The Balaban J connectivity index is 1.67. The number of carboxylic acids is 1. The number of aromatic nitrogens is 3. The van der Waals surface area contributed by atoms with Gasteiger partial charge in [-0.25, -0.2) is 0 Å². The molecule has 0 unspecified atom stereocenters. The Morgan fingerprint density at radius 1 is 1.02 bits per heavy atom. The quantitative estimate of drug-likeness (QED) is 0.359. The average Bonchev–Trinajstić information content (AvgIpc) is 3.27. The first-order valence-corrected chi connectivity index (χ1v) is 13.9. The van der Waals surface area contributed by atoms with Crippen LogP contribution in [0, 0.1) is 17.3 Å². The van der Waals surface area contributed by atoms with Crippen molar-refractivity contribution in [2.24, 2.45) is 17.3 Å². The van der Waals surface area contributed by atoms with Gasteiger partial charge in [0.25, 0.3) is 5.91 Å². The molecule has 2 aromatic heterocycles. The van der Waals surface area contributed by atoms with Crippen LogP contribution in [0.25, 0.3) is 0 Å². The van der Waals surface area contributed by atoms with E-state index in [1.165, 1.54) is 17.3 Å². The average molecular weight is 603 g/mol. The molecule has 2 aliphatic carbocycles. The Kier molecular flexibility index (Phi) is 8.57. The Hall–Kier alpha value is -2.66. The lowest BCUT2D eigenvalue weighted by molar-refractivity contribution is -0.147. The number of pyridine rings is 1. The van der Waals surface area contributed by atoms with E-state index in [9.17, 15) is 32.7 Å². The number of amides is 1. The van der Waals surface area contributed by atoms with Gasteiger partial charge in [-0.15, -0.1) is 0 Å². The number of carbonyl (C=O) groups excluding carboxylic acids is 2. The highest BCUT2D eigenvalue weighted by Crippen LogP contribution is 2.45. The van der Waals surface area contributed by atoms with E-state index in [4.69, 9.17) is 23.2 Å². The molecule has 1 N–H and O–H groups in total. The molecule has 2 aliphatic rings. The van der Waals surface area contributed by atoms with Gasteiger partial charge in [0.15, 0.2) is 11.5 Å². The number of nitrogens with zero attached hydrogens (tertiary/aromatic N) is 4. The zero-order chi connectivity index (χ0) is 29.6. The maximum atomic E-state index is 14.4. The summed E-state index contributed by atoms with van der Waals surface area (Å²) < 4.78 is 44.1. The number of hydrogen-bond donors (Lipinski definition) is 1. The number of carbonyl (C=O) groups is 3. The predicted octanol–water partition coefficient (Wildman–Crippen LogP) is 6.57. The van der Waals surface area contributed by atoms with Crippen molar-refractivity contribution < 1.29 is 32.7 Å². The lowest BCUT2D eigenvalue weighted by Gasteiger charge is -2.48. The summed E-state index contributed by atoms with van der Waals surface area (Å²) in [6, 6.07) is -1.16. The number of ketones is 1. The van der Waals surface area contributed by atoms with E-state index < -0.39 is 59.6 Å². The summed E-state index contributed by atoms with van der Waals surface area (Å²) in [4.78, 5) is 43.4. The van der Waals surface area contributed by atoms with E-state index in [0.29, 0.717) is 12.8 Å². The van der Waals surface area contributed by atoms with Crippen molar-refractivity contribution in [2.75, 3.05) is 6.54 Å². The second-order valence-corrected chi connectivity index (χ2v) is 12.5. The Morgan fingerprint density at radius 3 is 2.10 bits per heavy atom. The maximum absolute atomic E-state index is 14.4. The SMILES string of the molecule is CC(C)(C)[C@H]1C[C@@H](N(CC(=O)c2c(Cl)cncc2Cl)C(=O)c2cnn([C@H]3CC[C@H](C(=O)O)CC3)c2C(F)(F)F)C1. The van der Waals surface area contributed by atoms with Crippen LogP contribution in [0.1, 0.15) is 91.7 Å². The lowest BCUT2D eigenvalue weighted by Crippen LogP contribution is -2.52. The molecular weight excluding hydrogens is 572 g/mol. The second kappa shape index (κ2) is 11.3. The van der Waals surface area contributed by atoms with Gasteiger partial charge in [0.2, 0.25) is 0 Å². The van der Waals surface area contributed by atoms with Gasteiger partial charge in [0.1, 0.15) is 0 Å². The first-order valence-electron chi connectivity index (χ1n) is 13.1. The fraction of sp³-hybridized carbons (Fsp3) is 0.593. The summed E-state index contributed by atoms with van der Waals surface area (Å²) in [6.07, 6.45) is 0.302. The van der Waals surface area contributed by atoms with Crippen LogP contribution >= 0.6 is 23.2 Å². The molecule has 8 nitrogen and oxygen atoms in total. The summed E-state index contributed by atoms with van der Waals surface area (Å²) >= 11 is 12.3. The molecule has 4 rings (SSSR count). The van der Waals surface area contributed by atoms with Crippen LogP contribution in [0.3, 0.4) is 0 Å². The summed E-state index contributed by atoms with van der Waals surface area (Å²) in [5.41, 5.74) is -1.97. The van der Waals surface area contributed by atoms with Crippen molar-refractivity contribution in [1.29, 1.82) is 0 Å². The molecule has 2 saturated carbocycles. The molecule has 0 aromatic carbocycles. The van der Waals surface area contributed by atoms with E-state index in [1.54, 1.807) is 0 Å². The molecule has 2 aromatic rings. The molecule has 13 heteroatoms. The molecule has 0 bridgehead atoms. The van der Waals surface area contributed by atoms with Crippen molar-refractivity contribution in [2.45, 2.75) is 77.6 Å². The fourth-order valence-electron chi connectivity index (χ4n) is 5.63. The molecule has 1 amide bonds. The third-order valence-corrected chi connectivity index (χ3v) is 8.75. The van der Waals surface area contributed by atoms with Crippen molar-refractivity contribution in [3.8, 4) is 0 Å². The summed E-state index contributed by atoms with van der Waals surface area (Å²) in [6.45, 7) is 5.63. The maximum Gasteiger partial charge on any atom is 0.433 e. The minimum absolute atomic E-state index is 0.0214. The molecule has 0 aliphatic heterocycles. The van der Waals surface area contributed by atoms with E-state index in [-0.39, 0.29) is 52.6 Å². The van der Waals surface area contributed by atoms with Gasteiger partial charge in [-0.3, -0.25) is 24.0 Å². The van der Waals surface area contributed by atoms with Crippen molar-refractivity contribution in [3.63, 3.8) is 0 Å². The Morgan fingerprint density at radius 2 is 1.60 bits per heavy atom. The third kappa shape index (κ3) is 6.15. The molecule has 2 fully saturated rings. The smallest absolute Gasteiger partial charge is 0.433 e. The first-order chi connectivity index (χ1) is 18.6. The summed E-state index contributed by atoms with van der Waals surface area (Å²) in [7, 11) is 0. The van der Waals surface area contributed by atoms with Crippen LogP contribution in [0.5, 0.6) is 0 Å². The topological polar surface area (TPSA) is 105 Å². The Labute approximate surface area is 239 Å². The van der Waals surface area contributed by atoms with Crippen LogP contribution in [0.4, 0.5) is 13.2 Å². The molecule has 2 heterocycles. The van der Waals surface area contributed by atoms with Crippen molar-refractivity contribution in [3.05, 3.63) is 45.5 Å². The molecule has 0 saturated heterocycles. The van der Waals surface area contributed by atoms with Crippen LogP contribution in [-0.2, 0) is 11.0 Å². The molecule has 40 heavy (non-hydrogen) atoms. The number of halogens is 5. The molecule has 218 valence electrons. The van der Waals surface area contributed by atoms with Crippen molar-refractivity contribution >= 4 is 40.9 Å². The molecule has 0 spiro atoms. The summed E-state index contributed by atoms with van der Waals surface area (Å²) in [5.74, 6) is -2.95. The normalized spacial score (nSPS) is 23.4.